The predicted molar refractivity (Wildman–Crippen MR) is 147 cm³/mol. The zero-order valence-electron chi connectivity index (χ0n) is 22.9. The number of anilines is 1. The highest BCUT2D eigenvalue weighted by molar-refractivity contribution is 6.03. The zero-order valence-corrected chi connectivity index (χ0v) is 22.9. The van der Waals surface area contributed by atoms with E-state index in [4.69, 9.17) is 29.6 Å². The van der Waals surface area contributed by atoms with E-state index in [0.717, 1.165) is 0 Å². The van der Waals surface area contributed by atoms with Crippen LogP contribution in [0.3, 0.4) is 0 Å². The van der Waals surface area contributed by atoms with Crippen LogP contribution in [-0.4, -0.2) is 70.7 Å². The average Bonchev–Trinajstić information content (AvgIpc) is 3.06. The Labute approximate surface area is 227 Å². The number of methoxy groups -OCH3 is 2. The summed E-state index contributed by atoms with van der Waals surface area (Å²) in [5, 5.41) is 5.15. The van der Waals surface area contributed by atoms with Crippen molar-refractivity contribution in [2.45, 2.75) is 25.8 Å². The number of nitrogens with two attached hydrogens (primary N) is 1. The largest absolute Gasteiger partial charge is 0.493 e. The minimum absolute atomic E-state index is 0.285. The first kappa shape index (κ1) is 29.3. The molecule has 0 unspecified atom stereocenters. The Kier molecular flexibility index (Phi) is 10.1. The second-order valence-corrected chi connectivity index (χ2v) is 8.45. The third-order valence-corrected chi connectivity index (χ3v) is 5.96. The molecule has 0 aromatic heterocycles. The lowest BCUT2D eigenvalue weighted by atomic mass is 10.1. The second-order valence-electron chi connectivity index (χ2n) is 8.45. The van der Waals surface area contributed by atoms with Gasteiger partial charge < -0.3 is 29.3 Å². The van der Waals surface area contributed by atoms with Gasteiger partial charge in [-0.05, 0) is 24.8 Å². The van der Waals surface area contributed by atoms with Crippen LogP contribution in [0.5, 0.6) is 23.0 Å². The van der Waals surface area contributed by atoms with E-state index in [0.29, 0.717) is 64.9 Å². The Balaban J connectivity index is 1.70. The molecule has 1 heterocycles. The number of amides is 2. The molecular weight excluding hydrogens is 506 g/mol. The third kappa shape index (κ3) is 6.59. The lowest BCUT2D eigenvalue weighted by Gasteiger charge is -2.24. The molecule has 0 saturated carbocycles. The Bertz CT molecular complexity index is 1230. The molecule has 3 rings (SSSR count). The van der Waals surface area contributed by atoms with Crippen molar-refractivity contribution in [1.29, 1.82) is 0 Å². The fraction of sp³-hybridized carbons (Fsp3) is 0.370. The number of aliphatic imine (C=N–C) groups is 1. The lowest BCUT2D eigenvalue weighted by Crippen LogP contribution is -2.39. The molecule has 3 N–H and O–H groups in total. The van der Waals surface area contributed by atoms with Crippen LogP contribution < -0.4 is 35.1 Å². The fourth-order valence-electron chi connectivity index (χ4n) is 3.97. The summed E-state index contributed by atoms with van der Waals surface area (Å²) in [6.45, 7) is 6.04. The van der Waals surface area contributed by atoms with E-state index in [1.165, 1.54) is 37.6 Å². The molecular formula is C27H35N5O7. The summed E-state index contributed by atoms with van der Waals surface area (Å²) >= 11 is 0. The first-order chi connectivity index (χ1) is 18.8. The molecule has 0 radical (unpaired) electrons. The average molecular weight is 542 g/mol. The van der Waals surface area contributed by atoms with Crippen LogP contribution >= 0.6 is 0 Å². The van der Waals surface area contributed by atoms with Gasteiger partial charge in [0.05, 0.1) is 63.1 Å². The summed E-state index contributed by atoms with van der Waals surface area (Å²) in [7, 11) is 6.06. The molecule has 2 amide bonds. The van der Waals surface area contributed by atoms with Crippen molar-refractivity contribution in [1.82, 2.24) is 10.4 Å². The molecule has 1 aliphatic heterocycles. The van der Waals surface area contributed by atoms with Gasteiger partial charge >= 0.3 is 0 Å². The number of ether oxygens (including phenoxy) is 4. The van der Waals surface area contributed by atoms with Crippen molar-refractivity contribution in [2.75, 3.05) is 46.6 Å². The highest BCUT2D eigenvalue weighted by atomic mass is 16.7. The van der Waals surface area contributed by atoms with Crippen molar-refractivity contribution in [3.8, 4) is 23.0 Å². The SMILES string of the molecule is C=CNC(=O)c1cc(OC)c(OCCCOc2cc3c(cc2OC)C(=O)N(OC)[C@@H](CC)C=N3)cc1N(C)N. The Morgan fingerprint density at radius 2 is 1.74 bits per heavy atom. The van der Waals surface area contributed by atoms with Gasteiger partial charge in [0, 0.05) is 31.8 Å². The molecule has 12 heteroatoms. The Hall–Kier alpha value is -4.29. The van der Waals surface area contributed by atoms with Gasteiger partial charge in [-0.15, -0.1) is 0 Å². The quantitative estimate of drug-likeness (QED) is 0.222. The van der Waals surface area contributed by atoms with Gasteiger partial charge in [-0.25, -0.2) is 10.9 Å². The number of fused-ring (bicyclic) bond motifs is 1. The topological polar surface area (TPSA) is 137 Å². The van der Waals surface area contributed by atoms with Crippen LogP contribution in [0.1, 0.15) is 40.5 Å². The number of nitrogens with one attached hydrogen (secondary N) is 1. The normalized spacial score (nSPS) is 14.3. The maximum atomic E-state index is 13.0. The lowest BCUT2D eigenvalue weighted by molar-refractivity contribution is -0.107. The number of hydrogen-bond donors (Lipinski definition) is 2. The Morgan fingerprint density at radius 1 is 1.10 bits per heavy atom. The number of carbonyl (C=O) groups is 2. The smallest absolute Gasteiger partial charge is 0.280 e. The first-order valence-electron chi connectivity index (χ1n) is 12.3. The summed E-state index contributed by atoms with van der Waals surface area (Å²) in [4.78, 5) is 35.2. The monoisotopic (exact) mass is 541 g/mol. The number of nitrogens with zero attached hydrogens (tertiary/aromatic N) is 3. The van der Waals surface area contributed by atoms with Gasteiger partial charge in [-0.3, -0.25) is 19.4 Å². The number of hydroxylamine groups is 2. The minimum Gasteiger partial charge on any atom is -0.493 e. The summed E-state index contributed by atoms with van der Waals surface area (Å²) < 4.78 is 22.8. The molecule has 1 atom stereocenters. The summed E-state index contributed by atoms with van der Waals surface area (Å²) in [6.07, 6.45) is 4.13. The molecule has 0 aliphatic carbocycles. The molecule has 210 valence electrons. The van der Waals surface area contributed by atoms with E-state index >= 15 is 0 Å². The zero-order chi connectivity index (χ0) is 28.5. The number of benzene rings is 2. The second kappa shape index (κ2) is 13.5. The van der Waals surface area contributed by atoms with Crippen molar-refractivity contribution in [2.24, 2.45) is 10.8 Å². The standard InChI is InChI=1S/C27H35N5O7/c1-7-17-16-30-20-14-24(22(35-4)12-18(20)27(34)32(17)37-6)38-10-9-11-39-25-15-21(31(3)28)19(13-23(25)36-5)26(33)29-8-2/h8,12-17H,2,7,9-11,28H2,1,3-6H3,(H,29,33)/t17-/m0/s1. The van der Waals surface area contributed by atoms with Crippen LogP contribution in [0.25, 0.3) is 0 Å². The molecule has 0 bridgehead atoms. The number of hydrogen-bond acceptors (Lipinski definition) is 10. The fourth-order valence-corrected chi connectivity index (χ4v) is 3.97. The maximum absolute atomic E-state index is 13.0. The molecule has 1 aliphatic rings. The first-order valence-corrected chi connectivity index (χ1v) is 12.3. The minimum atomic E-state index is -0.378. The van der Waals surface area contributed by atoms with Gasteiger partial charge in [0.25, 0.3) is 11.8 Å². The van der Waals surface area contributed by atoms with Crippen LogP contribution in [0, 0.1) is 0 Å². The Morgan fingerprint density at radius 3 is 2.31 bits per heavy atom. The van der Waals surface area contributed by atoms with E-state index in [1.807, 2.05) is 6.92 Å². The van der Waals surface area contributed by atoms with Gasteiger partial charge in [0.1, 0.15) is 0 Å². The van der Waals surface area contributed by atoms with Crippen LogP contribution in [0.4, 0.5) is 11.4 Å². The maximum Gasteiger partial charge on any atom is 0.280 e. The van der Waals surface area contributed by atoms with Gasteiger partial charge in [0.15, 0.2) is 23.0 Å². The highest BCUT2D eigenvalue weighted by Gasteiger charge is 2.29. The molecule has 39 heavy (non-hydrogen) atoms. The van der Waals surface area contributed by atoms with Crippen molar-refractivity contribution >= 4 is 29.4 Å². The molecule has 0 spiro atoms. The van der Waals surface area contributed by atoms with Gasteiger partial charge in [0.2, 0.25) is 0 Å². The number of rotatable bonds is 13. The van der Waals surface area contributed by atoms with Crippen LogP contribution in [0.2, 0.25) is 0 Å². The molecule has 0 saturated heterocycles. The van der Waals surface area contributed by atoms with Crippen molar-refractivity contribution in [3.63, 3.8) is 0 Å². The van der Waals surface area contributed by atoms with E-state index in [-0.39, 0.29) is 24.5 Å². The van der Waals surface area contributed by atoms with E-state index in [1.54, 1.807) is 37.5 Å². The molecule has 0 fully saturated rings. The predicted octanol–water partition coefficient (Wildman–Crippen LogP) is 3.23. The number of hydrazine groups is 1. The number of carbonyl (C=O) groups excluding carboxylic acids is 2. The third-order valence-electron chi connectivity index (χ3n) is 5.96. The summed E-state index contributed by atoms with van der Waals surface area (Å²) in [5.74, 6) is 6.89. The van der Waals surface area contributed by atoms with E-state index in [2.05, 4.69) is 16.9 Å². The van der Waals surface area contributed by atoms with Gasteiger partial charge in [-0.2, -0.15) is 0 Å². The van der Waals surface area contributed by atoms with E-state index < -0.39 is 0 Å². The van der Waals surface area contributed by atoms with Crippen LogP contribution in [0.15, 0.2) is 42.0 Å². The summed E-state index contributed by atoms with van der Waals surface area (Å²) in [6, 6.07) is 6.18. The van der Waals surface area contributed by atoms with Crippen molar-refractivity contribution in [3.05, 3.63) is 48.2 Å². The van der Waals surface area contributed by atoms with E-state index in [9.17, 15) is 9.59 Å². The van der Waals surface area contributed by atoms with Crippen LogP contribution in [-0.2, 0) is 4.84 Å². The van der Waals surface area contributed by atoms with Gasteiger partial charge in [-0.1, -0.05) is 13.5 Å². The molecule has 2 aromatic carbocycles. The summed E-state index contributed by atoms with van der Waals surface area (Å²) in [5.41, 5.74) is 1.58. The molecule has 12 nitrogen and oxygen atoms in total. The highest BCUT2D eigenvalue weighted by Crippen LogP contribution is 2.38. The van der Waals surface area contributed by atoms with Crippen molar-refractivity contribution < 1.29 is 33.4 Å². The molecule has 2 aromatic rings.